The number of hydrogen-bond acceptors (Lipinski definition) is 8. The first-order valence-electron chi connectivity index (χ1n) is 10.1. The van der Waals surface area contributed by atoms with Crippen LogP contribution in [0.1, 0.15) is 39.4 Å². The molecule has 2 N–H and O–H groups in total. The molecule has 0 aliphatic carbocycles. The van der Waals surface area contributed by atoms with E-state index in [2.05, 4.69) is 15.3 Å². The molecule has 9 nitrogen and oxygen atoms in total. The van der Waals surface area contributed by atoms with Gasteiger partial charge < -0.3 is 24.5 Å². The first-order chi connectivity index (χ1) is 15.0. The number of oxazole rings is 1. The fraction of sp³-hybridized carbons (Fsp3) is 0.364. The molecule has 1 aliphatic rings. The predicted octanol–water partition coefficient (Wildman–Crippen LogP) is 2.78. The second-order valence-electron chi connectivity index (χ2n) is 7.58. The van der Waals surface area contributed by atoms with Crippen LogP contribution in [0.3, 0.4) is 0 Å². The van der Waals surface area contributed by atoms with Crippen LogP contribution in [0.25, 0.3) is 11.1 Å². The molecule has 0 spiro atoms. The fourth-order valence-corrected chi connectivity index (χ4v) is 3.64. The second-order valence-corrected chi connectivity index (χ2v) is 7.58. The number of amides is 1. The Balaban J connectivity index is 1.65. The third kappa shape index (κ3) is 4.36. The van der Waals surface area contributed by atoms with Gasteiger partial charge in [-0.15, -0.1) is 0 Å². The van der Waals surface area contributed by atoms with Crippen LogP contribution in [0.15, 0.2) is 34.7 Å². The summed E-state index contributed by atoms with van der Waals surface area (Å²) < 4.78 is 10.8. The number of fused-ring (bicyclic) bond motifs is 1. The Hall–Kier alpha value is -3.46. The van der Waals surface area contributed by atoms with Gasteiger partial charge in [0.15, 0.2) is 5.58 Å². The summed E-state index contributed by atoms with van der Waals surface area (Å²) in [6, 6.07) is 8.71. The van der Waals surface area contributed by atoms with Gasteiger partial charge in [0, 0.05) is 31.5 Å². The number of pyridine rings is 1. The summed E-state index contributed by atoms with van der Waals surface area (Å²) >= 11 is 0. The molecule has 1 fully saturated rings. The number of aryl methyl sites for hydroxylation is 1. The van der Waals surface area contributed by atoms with Crippen molar-refractivity contribution in [3.63, 3.8) is 0 Å². The van der Waals surface area contributed by atoms with E-state index in [1.807, 2.05) is 4.90 Å². The Bertz CT molecular complexity index is 1120. The molecule has 0 unspecified atom stereocenters. The van der Waals surface area contributed by atoms with Crippen molar-refractivity contribution in [3.05, 3.63) is 47.3 Å². The number of hydrogen-bond donors (Lipinski definition) is 2. The molecule has 0 radical (unpaired) electrons. The maximum Gasteiger partial charge on any atom is 0.340 e. The lowest BCUT2D eigenvalue weighted by atomic mass is 9.98. The summed E-state index contributed by atoms with van der Waals surface area (Å²) in [4.78, 5) is 35.8. The number of rotatable bonds is 5. The maximum atomic E-state index is 12.7. The largest absolute Gasteiger partial charge is 0.465 e. The maximum absolute atomic E-state index is 12.7. The molecule has 1 aromatic carbocycles. The third-order valence-electron chi connectivity index (χ3n) is 5.43. The minimum absolute atomic E-state index is 0.176. The highest BCUT2D eigenvalue weighted by Crippen LogP contribution is 2.30. The lowest BCUT2D eigenvalue weighted by molar-refractivity contribution is 0.0602. The third-order valence-corrected chi connectivity index (χ3v) is 5.43. The van der Waals surface area contributed by atoms with Crippen molar-refractivity contribution < 1.29 is 23.8 Å². The normalized spacial score (nSPS) is 14.6. The number of methoxy groups -OCH3 is 1. The summed E-state index contributed by atoms with van der Waals surface area (Å²) in [5, 5.41) is 12.1. The van der Waals surface area contributed by atoms with Crippen LogP contribution in [-0.4, -0.2) is 53.8 Å². The van der Waals surface area contributed by atoms with Crippen LogP contribution in [0, 0.1) is 12.8 Å². The lowest BCUT2D eigenvalue weighted by Gasteiger charge is -2.29. The van der Waals surface area contributed by atoms with Crippen molar-refractivity contribution in [2.45, 2.75) is 19.8 Å². The highest BCUT2D eigenvalue weighted by molar-refractivity contribution is 6.09. The number of piperidine rings is 1. The van der Waals surface area contributed by atoms with Gasteiger partial charge in [0.25, 0.3) is 11.9 Å². The van der Waals surface area contributed by atoms with Crippen LogP contribution in [0.5, 0.6) is 0 Å². The molecule has 1 aliphatic heterocycles. The molecule has 3 heterocycles. The standard InChI is InChI=1S/C22H24N4O5/c1-13-4-3-5-16(23-13)20(28)24-17-11-19-18(10-15(17)21(29)30-2)25-22(31-19)26-8-6-14(12-27)7-9-26/h3-5,10-11,14,27H,6-9,12H2,1-2H3,(H,24,28). The van der Waals surface area contributed by atoms with Gasteiger partial charge in [-0.3, -0.25) is 4.79 Å². The Morgan fingerprint density at radius 1 is 1.26 bits per heavy atom. The molecule has 31 heavy (non-hydrogen) atoms. The lowest BCUT2D eigenvalue weighted by Crippen LogP contribution is -2.34. The van der Waals surface area contributed by atoms with E-state index < -0.39 is 11.9 Å². The van der Waals surface area contributed by atoms with Crippen molar-refractivity contribution in [2.24, 2.45) is 5.92 Å². The van der Waals surface area contributed by atoms with Gasteiger partial charge in [-0.1, -0.05) is 6.07 Å². The van der Waals surface area contributed by atoms with E-state index in [4.69, 9.17) is 9.15 Å². The Kier molecular flexibility index (Phi) is 5.85. The van der Waals surface area contributed by atoms with Crippen molar-refractivity contribution in [2.75, 3.05) is 37.0 Å². The Morgan fingerprint density at radius 2 is 2.03 bits per heavy atom. The average Bonchev–Trinajstić information content (AvgIpc) is 3.21. The van der Waals surface area contributed by atoms with Crippen LogP contribution in [-0.2, 0) is 4.74 Å². The van der Waals surface area contributed by atoms with Crippen LogP contribution < -0.4 is 10.2 Å². The summed E-state index contributed by atoms with van der Waals surface area (Å²) in [5.74, 6) is -0.745. The monoisotopic (exact) mass is 424 g/mol. The molecule has 0 bridgehead atoms. The van der Waals surface area contributed by atoms with E-state index in [1.54, 1.807) is 37.3 Å². The number of aliphatic hydroxyl groups is 1. The van der Waals surface area contributed by atoms with Crippen molar-refractivity contribution >= 4 is 34.7 Å². The molecule has 1 saturated heterocycles. The zero-order chi connectivity index (χ0) is 22.0. The highest BCUT2D eigenvalue weighted by atomic mass is 16.5. The number of carbonyl (C=O) groups excluding carboxylic acids is 2. The smallest absolute Gasteiger partial charge is 0.340 e. The van der Waals surface area contributed by atoms with Gasteiger partial charge in [0.2, 0.25) is 0 Å². The Morgan fingerprint density at radius 3 is 2.71 bits per heavy atom. The summed E-state index contributed by atoms with van der Waals surface area (Å²) in [6.45, 7) is 3.43. The highest BCUT2D eigenvalue weighted by Gasteiger charge is 2.24. The van der Waals surface area contributed by atoms with Gasteiger partial charge >= 0.3 is 5.97 Å². The SMILES string of the molecule is COC(=O)c1cc2nc(N3CCC(CO)CC3)oc2cc1NC(=O)c1cccc(C)n1. The molecule has 0 atom stereocenters. The summed E-state index contributed by atoms with van der Waals surface area (Å²) in [5.41, 5.74) is 2.32. The summed E-state index contributed by atoms with van der Waals surface area (Å²) in [7, 11) is 1.28. The number of aromatic nitrogens is 2. The van der Waals surface area contributed by atoms with Crippen molar-refractivity contribution in [1.29, 1.82) is 0 Å². The number of aliphatic hydroxyl groups excluding tert-OH is 1. The molecule has 0 saturated carbocycles. The molecule has 1 amide bonds. The van der Waals surface area contributed by atoms with E-state index in [1.165, 1.54) is 7.11 Å². The number of ether oxygens (including phenoxy) is 1. The zero-order valence-electron chi connectivity index (χ0n) is 17.4. The fourth-order valence-electron chi connectivity index (χ4n) is 3.64. The van der Waals surface area contributed by atoms with E-state index in [9.17, 15) is 14.7 Å². The topological polar surface area (TPSA) is 118 Å². The molecule has 162 valence electrons. The number of nitrogens with zero attached hydrogens (tertiary/aromatic N) is 3. The van der Waals surface area contributed by atoms with Gasteiger partial charge in [-0.25, -0.2) is 9.78 Å². The van der Waals surface area contributed by atoms with Gasteiger partial charge in [0.1, 0.15) is 11.2 Å². The zero-order valence-corrected chi connectivity index (χ0v) is 17.4. The first kappa shape index (κ1) is 20.8. The van der Waals surface area contributed by atoms with E-state index in [0.717, 1.165) is 25.9 Å². The first-order valence-corrected chi connectivity index (χ1v) is 10.1. The number of anilines is 2. The minimum atomic E-state index is -0.595. The van der Waals surface area contributed by atoms with Gasteiger partial charge in [-0.2, -0.15) is 4.98 Å². The number of esters is 1. The molecular weight excluding hydrogens is 400 g/mol. The van der Waals surface area contributed by atoms with E-state index in [0.29, 0.717) is 28.7 Å². The molecule has 4 rings (SSSR count). The molecular formula is C22H24N4O5. The van der Waals surface area contributed by atoms with Gasteiger partial charge in [0.05, 0.1) is 18.4 Å². The number of carbonyl (C=O) groups is 2. The Labute approximate surface area is 179 Å². The summed E-state index contributed by atoms with van der Waals surface area (Å²) in [6.07, 6.45) is 1.71. The average molecular weight is 424 g/mol. The van der Waals surface area contributed by atoms with Crippen LogP contribution in [0.2, 0.25) is 0 Å². The van der Waals surface area contributed by atoms with Crippen molar-refractivity contribution in [1.82, 2.24) is 9.97 Å². The van der Waals surface area contributed by atoms with Gasteiger partial charge in [-0.05, 0) is 43.9 Å². The van der Waals surface area contributed by atoms with Crippen molar-refractivity contribution in [3.8, 4) is 0 Å². The minimum Gasteiger partial charge on any atom is -0.465 e. The predicted molar refractivity (Wildman–Crippen MR) is 114 cm³/mol. The molecule has 2 aromatic heterocycles. The van der Waals surface area contributed by atoms with E-state index in [-0.39, 0.29) is 23.6 Å². The molecule has 3 aromatic rings. The number of nitrogens with one attached hydrogen (secondary N) is 1. The van der Waals surface area contributed by atoms with Crippen LogP contribution in [0.4, 0.5) is 11.7 Å². The quantitative estimate of drug-likeness (QED) is 0.601. The van der Waals surface area contributed by atoms with Crippen LogP contribution >= 0.6 is 0 Å². The second kappa shape index (κ2) is 8.73. The van der Waals surface area contributed by atoms with E-state index >= 15 is 0 Å². The molecule has 9 heteroatoms. The number of benzene rings is 1.